The van der Waals surface area contributed by atoms with E-state index in [1.54, 1.807) is 18.0 Å². The molecular formula is C17H24ClN5OS. The first-order chi connectivity index (χ1) is 11.7. The van der Waals surface area contributed by atoms with Crippen LogP contribution >= 0.6 is 24.2 Å². The second kappa shape index (κ2) is 9.79. The van der Waals surface area contributed by atoms with E-state index >= 15 is 0 Å². The molecule has 2 aromatic rings. The number of carbonyl (C=O) groups is 1. The van der Waals surface area contributed by atoms with E-state index in [1.807, 2.05) is 4.68 Å². The van der Waals surface area contributed by atoms with Gasteiger partial charge in [-0.1, -0.05) is 22.9 Å². The smallest absolute Gasteiger partial charge is 0.273 e. The molecule has 1 saturated heterocycles. The van der Waals surface area contributed by atoms with E-state index in [9.17, 15) is 4.79 Å². The number of thioether (sulfide) groups is 1. The van der Waals surface area contributed by atoms with Crippen molar-refractivity contribution in [1.29, 1.82) is 0 Å². The monoisotopic (exact) mass is 381 g/mol. The van der Waals surface area contributed by atoms with Crippen molar-refractivity contribution in [3.05, 3.63) is 41.7 Å². The average molecular weight is 382 g/mol. The van der Waals surface area contributed by atoms with Gasteiger partial charge in [-0.25, -0.2) is 4.68 Å². The van der Waals surface area contributed by atoms with E-state index in [4.69, 9.17) is 0 Å². The number of aryl methyl sites for hydroxylation is 1. The van der Waals surface area contributed by atoms with Crippen molar-refractivity contribution in [2.24, 2.45) is 0 Å². The topological polar surface area (TPSA) is 71.8 Å². The zero-order chi connectivity index (χ0) is 16.8. The van der Waals surface area contributed by atoms with E-state index in [2.05, 4.69) is 52.1 Å². The van der Waals surface area contributed by atoms with Crippen LogP contribution in [-0.2, 0) is 0 Å². The van der Waals surface area contributed by atoms with Crippen LogP contribution in [0.4, 0.5) is 0 Å². The SMILES string of the molecule is Cc1ccc(SCCNC(=O)c2cn(C3CCNCC3)nn2)cc1.Cl. The van der Waals surface area contributed by atoms with Crippen LogP contribution in [0.15, 0.2) is 35.4 Å². The van der Waals surface area contributed by atoms with Crippen molar-refractivity contribution >= 4 is 30.1 Å². The van der Waals surface area contributed by atoms with Crippen LogP contribution in [0.5, 0.6) is 0 Å². The van der Waals surface area contributed by atoms with Crippen LogP contribution in [0, 0.1) is 6.92 Å². The summed E-state index contributed by atoms with van der Waals surface area (Å²) in [6, 6.07) is 8.75. The quantitative estimate of drug-likeness (QED) is 0.594. The first-order valence-electron chi connectivity index (χ1n) is 8.32. The largest absolute Gasteiger partial charge is 0.350 e. The van der Waals surface area contributed by atoms with Crippen molar-refractivity contribution in [1.82, 2.24) is 25.6 Å². The Labute approximate surface area is 158 Å². The predicted molar refractivity (Wildman–Crippen MR) is 103 cm³/mol. The Hall–Kier alpha value is -1.57. The molecular weight excluding hydrogens is 358 g/mol. The molecule has 136 valence electrons. The molecule has 1 aliphatic rings. The Kier molecular flexibility index (Phi) is 7.74. The van der Waals surface area contributed by atoms with Crippen molar-refractivity contribution in [2.45, 2.75) is 30.7 Å². The Bertz CT molecular complexity index is 670. The first-order valence-corrected chi connectivity index (χ1v) is 9.31. The average Bonchev–Trinajstić information content (AvgIpc) is 3.11. The third kappa shape index (κ3) is 5.73. The molecule has 1 amide bonds. The van der Waals surface area contributed by atoms with Gasteiger partial charge < -0.3 is 10.6 Å². The maximum absolute atomic E-state index is 12.1. The van der Waals surface area contributed by atoms with Crippen LogP contribution in [0.2, 0.25) is 0 Å². The summed E-state index contributed by atoms with van der Waals surface area (Å²) in [6.07, 6.45) is 3.81. The molecule has 0 atom stereocenters. The van der Waals surface area contributed by atoms with Crippen molar-refractivity contribution in [3.63, 3.8) is 0 Å². The summed E-state index contributed by atoms with van der Waals surface area (Å²) in [7, 11) is 0. The minimum Gasteiger partial charge on any atom is -0.350 e. The van der Waals surface area contributed by atoms with Gasteiger partial charge in [-0.05, 0) is 45.0 Å². The zero-order valence-electron chi connectivity index (χ0n) is 14.3. The fraction of sp³-hybridized carbons (Fsp3) is 0.471. The molecule has 1 aliphatic heterocycles. The fourth-order valence-electron chi connectivity index (χ4n) is 2.69. The van der Waals surface area contributed by atoms with E-state index < -0.39 is 0 Å². The van der Waals surface area contributed by atoms with Gasteiger partial charge in [-0.2, -0.15) is 0 Å². The number of nitrogens with zero attached hydrogens (tertiary/aromatic N) is 3. The highest BCUT2D eigenvalue weighted by molar-refractivity contribution is 7.99. The molecule has 8 heteroatoms. The maximum Gasteiger partial charge on any atom is 0.273 e. The molecule has 2 N–H and O–H groups in total. The van der Waals surface area contributed by atoms with Crippen LogP contribution in [0.1, 0.15) is 34.9 Å². The number of rotatable bonds is 6. The van der Waals surface area contributed by atoms with Gasteiger partial charge in [0.1, 0.15) is 0 Å². The van der Waals surface area contributed by atoms with E-state index in [1.165, 1.54) is 10.5 Å². The van der Waals surface area contributed by atoms with Gasteiger partial charge in [-0.15, -0.1) is 29.3 Å². The highest BCUT2D eigenvalue weighted by Gasteiger charge is 2.18. The van der Waals surface area contributed by atoms with Gasteiger partial charge in [-0.3, -0.25) is 4.79 Å². The molecule has 0 radical (unpaired) electrons. The van der Waals surface area contributed by atoms with Crippen molar-refractivity contribution < 1.29 is 4.79 Å². The first kappa shape index (κ1) is 19.8. The second-order valence-corrected chi connectivity index (χ2v) is 7.15. The normalized spacial score (nSPS) is 14.8. The Morgan fingerprint density at radius 3 is 2.76 bits per heavy atom. The highest BCUT2D eigenvalue weighted by atomic mass is 35.5. The minimum absolute atomic E-state index is 0. The zero-order valence-corrected chi connectivity index (χ0v) is 15.9. The van der Waals surface area contributed by atoms with Gasteiger partial charge in [0.05, 0.1) is 12.2 Å². The molecule has 1 fully saturated rings. The van der Waals surface area contributed by atoms with Gasteiger partial charge in [0.2, 0.25) is 0 Å². The Balaban J connectivity index is 0.00000225. The molecule has 0 saturated carbocycles. The molecule has 3 rings (SSSR count). The Morgan fingerprint density at radius 1 is 1.32 bits per heavy atom. The molecule has 0 unspecified atom stereocenters. The standard InChI is InChI=1S/C17H23N5OS.ClH/c1-13-2-4-15(5-3-13)24-11-10-19-17(23)16-12-22(21-20-16)14-6-8-18-9-7-14;/h2-5,12,14,18H,6-11H2,1H3,(H,19,23);1H. The molecule has 25 heavy (non-hydrogen) atoms. The van der Waals surface area contributed by atoms with Gasteiger partial charge in [0, 0.05) is 17.2 Å². The van der Waals surface area contributed by atoms with E-state index in [0.717, 1.165) is 31.7 Å². The lowest BCUT2D eigenvalue weighted by Gasteiger charge is -2.22. The van der Waals surface area contributed by atoms with Crippen LogP contribution in [0.3, 0.4) is 0 Å². The summed E-state index contributed by atoms with van der Waals surface area (Å²) in [4.78, 5) is 13.4. The van der Waals surface area contributed by atoms with E-state index in [0.29, 0.717) is 18.3 Å². The number of benzene rings is 1. The summed E-state index contributed by atoms with van der Waals surface area (Å²) >= 11 is 1.73. The molecule has 0 bridgehead atoms. The lowest BCUT2D eigenvalue weighted by atomic mass is 10.1. The van der Waals surface area contributed by atoms with Gasteiger partial charge in [0.25, 0.3) is 5.91 Å². The summed E-state index contributed by atoms with van der Waals surface area (Å²) in [5.74, 6) is 0.678. The number of hydrogen-bond donors (Lipinski definition) is 2. The summed E-state index contributed by atoms with van der Waals surface area (Å²) < 4.78 is 1.83. The molecule has 2 heterocycles. The molecule has 0 aliphatic carbocycles. The summed E-state index contributed by atoms with van der Waals surface area (Å²) in [5, 5.41) is 14.4. The van der Waals surface area contributed by atoms with Crippen LogP contribution < -0.4 is 10.6 Å². The number of piperidine rings is 1. The van der Waals surface area contributed by atoms with E-state index in [-0.39, 0.29) is 18.3 Å². The number of amides is 1. The molecule has 1 aromatic heterocycles. The molecule has 0 spiro atoms. The third-order valence-electron chi connectivity index (χ3n) is 4.10. The number of aromatic nitrogens is 3. The highest BCUT2D eigenvalue weighted by Crippen LogP contribution is 2.18. The lowest BCUT2D eigenvalue weighted by Crippen LogP contribution is -2.29. The van der Waals surface area contributed by atoms with Gasteiger partial charge >= 0.3 is 0 Å². The van der Waals surface area contributed by atoms with Crippen LogP contribution in [0.25, 0.3) is 0 Å². The molecule has 6 nitrogen and oxygen atoms in total. The van der Waals surface area contributed by atoms with Crippen LogP contribution in [-0.4, -0.2) is 46.3 Å². The number of nitrogens with one attached hydrogen (secondary N) is 2. The number of carbonyl (C=O) groups excluding carboxylic acids is 1. The summed E-state index contributed by atoms with van der Waals surface area (Å²) in [5.41, 5.74) is 1.65. The maximum atomic E-state index is 12.1. The number of hydrogen-bond acceptors (Lipinski definition) is 5. The van der Waals surface area contributed by atoms with Crippen molar-refractivity contribution in [2.75, 3.05) is 25.4 Å². The fourth-order valence-corrected chi connectivity index (χ4v) is 3.46. The second-order valence-electron chi connectivity index (χ2n) is 5.98. The predicted octanol–water partition coefficient (Wildman–Crippen LogP) is 2.45. The minimum atomic E-state index is -0.153. The summed E-state index contributed by atoms with van der Waals surface area (Å²) in [6.45, 7) is 4.66. The third-order valence-corrected chi connectivity index (χ3v) is 5.12. The lowest BCUT2D eigenvalue weighted by molar-refractivity contribution is 0.0951. The number of halogens is 1. The van der Waals surface area contributed by atoms with Gasteiger partial charge in [0.15, 0.2) is 5.69 Å². The van der Waals surface area contributed by atoms with Crippen molar-refractivity contribution in [3.8, 4) is 0 Å². The molecule has 1 aromatic carbocycles. The Morgan fingerprint density at radius 2 is 2.04 bits per heavy atom.